The molecular formula is C14H18ClN3O. The van der Waals surface area contributed by atoms with E-state index in [0.29, 0.717) is 11.6 Å². The van der Waals surface area contributed by atoms with Gasteiger partial charge in [0, 0.05) is 18.4 Å². The molecule has 5 heteroatoms. The summed E-state index contributed by atoms with van der Waals surface area (Å²) in [5.74, 6) is 0.738. The van der Waals surface area contributed by atoms with Crippen molar-refractivity contribution < 1.29 is 4.74 Å². The molecule has 2 rings (SSSR count). The summed E-state index contributed by atoms with van der Waals surface area (Å²) in [5.41, 5.74) is 6.89. The van der Waals surface area contributed by atoms with Crippen LogP contribution in [0.2, 0.25) is 5.02 Å². The second kappa shape index (κ2) is 6.59. The molecule has 102 valence electrons. The van der Waals surface area contributed by atoms with Crippen LogP contribution in [0, 0.1) is 0 Å². The van der Waals surface area contributed by atoms with Crippen molar-refractivity contribution in [2.45, 2.75) is 25.9 Å². The van der Waals surface area contributed by atoms with Gasteiger partial charge in [0.1, 0.15) is 12.4 Å². The molecule has 1 aromatic heterocycles. The topological polar surface area (TPSA) is 53.1 Å². The Balaban J connectivity index is 2.01. The molecule has 19 heavy (non-hydrogen) atoms. The lowest BCUT2D eigenvalue weighted by Crippen LogP contribution is -2.18. The predicted molar refractivity (Wildman–Crippen MR) is 76.5 cm³/mol. The Hall–Kier alpha value is -1.52. The molecule has 4 nitrogen and oxygen atoms in total. The van der Waals surface area contributed by atoms with Gasteiger partial charge in [-0.3, -0.25) is 0 Å². The third-order valence-electron chi connectivity index (χ3n) is 2.75. The minimum atomic E-state index is 0.0782. The van der Waals surface area contributed by atoms with Crippen LogP contribution in [0.5, 0.6) is 5.75 Å². The molecule has 0 bridgehead atoms. The zero-order chi connectivity index (χ0) is 13.7. The first-order valence-corrected chi connectivity index (χ1v) is 6.66. The Morgan fingerprint density at radius 3 is 3.00 bits per heavy atom. The van der Waals surface area contributed by atoms with Crippen molar-refractivity contribution in [3.05, 3.63) is 47.5 Å². The molecule has 0 aliphatic carbocycles. The van der Waals surface area contributed by atoms with Gasteiger partial charge in [-0.15, -0.1) is 0 Å². The molecule has 0 saturated carbocycles. The number of hydrogen-bond donors (Lipinski definition) is 1. The van der Waals surface area contributed by atoms with E-state index in [-0.39, 0.29) is 6.04 Å². The van der Waals surface area contributed by atoms with Gasteiger partial charge in [-0.2, -0.15) is 0 Å². The lowest BCUT2D eigenvalue weighted by Gasteiger charge is -2.14. The molecule has 1 aromatic carbocycles. The van der Waals surface area contributed by atoms with Gasteiger partial charge < -0.3 is 15.0 Å². The van der Waals surface area contributed by atoms with Crippen LogP contribution >= 0.6 is 11.6 Å². The van der Waals surface area contributed by atoms with E-state index in [0.717, 1.165) is 24.3 Å². The Labute approximate surface area is 118 Å². The Bertz CT molecular complexity index is 511. The summed E-state index contributed by atoms with van der Waals surface area (Å²) in [6.45, 7) is 3.26. The summed E-state index contributed by atoms with van der Waals surface area (Å²) in [6, 6.07) is 5.83. The molecule has 0 saturated heterocycles. The third kappa shape index (κ3) is 3.98. The number of hydrogen-bond acceptors (Lipinski definition) is 3. The maximum absolute atomic E-state index is 6.19. The molecular weight excluding hydrogens is 262 g/mol. The highest BCUT2D eigenvalue weighted by molar-refractivity contribution is 6.32. The largest absolute Gasteiger partial charge is 0.490 e. The highest BCUT2D eigenvalue weighted by atomic mass is 35.5. The van der Waals surface area contributed by atoms with Crippen LogP contribution in [-0.4, -0.2) is 22.2 Å². The quantitative estimate of drug-likeness (QED) is 0.884. The average Bonchev–Trinajstić information content (AvgIpc) is 2.85. The first-order valence-electron chi connectivity index (χ1n) is 6.28. The maximum Gasteiger partial charge on any atom is 0.141 e. The fourth-order valence-corrected chi connectivity index (χ4v) is 2.14. The zero-order valence-corrected chi connectivity index (χ0v) is 11.7. The fourth-order valence-electron chi connectivity index (χ4n) is 1.89. The number of halogens is 1. The van der Waals surface area contributed by atoms with Crippen molar-refractivity contribution >= 4 is 11.6 Å². The summed E-state index contributed by atoms with van der Waals surface area (Å²) in [4.78, 5) is 3.99. The van der Waals surface area contributed by atoms with Gasteiger partial charge in [-0.25, -0.2) is 4.98 Å². The molecule has 0 radical (unpaired) electrons. The molecule has 0 fully saturated rings. The molecule has 0 spiro atoms. The number of aromatic nitrogens is 2. The smallest absolute Gasteiger partial charge is 0.141 e. The van der Waals surface area contributed by atoms with Crippen molar-refractivity contribution in [3.8, 4) is 5.75 Å². The van der Waals surface area contributed by atoms with Gasteiger partial charge in [-0.05, 0) is 25.0 Å². The zero-order valence-electron chi connectivity index (χ0n) is 10.9. The van der Waals surface area contributed by atoms with E-state index in [1.165, 1.54) is 0 Å². The highest BCUT2D eigenvalue weighted by Gasteiger charge is 2.10. The first kappa shape index (κ1) is 13.9. The SMILES string of the molecule is CC(N)Cc1cccc(Cl)c1OCCn1ccnc1. The van der Waals surface area contributed by atoms with Gasteiger partial charge in [0.15, 0.2) is 0 Å². The van der Waals surface area contributed by atoms with Gasteiger partial charge in [-0.1, -0.05) is 23.7 Å². The molecule has 0 aliphatic heterocycles. The molecule has 1 unspecified atom stereocenters. The second-order valence-corrected chi connectivity index (χ2v) is 4.97. The van der Waals surface area contributed by atoms with Crippen molar-refractivity contribution in [2.24, 2.45) is 5.73 Å². The van der Waals surface area contributed by atoms with Crippen LogP contribution in [-0.2, 0) is 13.0 Å². The highest BCUT2D eigenvalue weighted by Crippen LogP contribution is 2.29. The molecule has 0 aliphatic rings. The van der Waals surface area contributed by atoms with Crippen LogP contribution in [0.4, 0.5) is 0 Å². The Morgan fingerprint density at radius 2 is 2.32 bits per heavy atom. The summed E-state index contributed by atoms with van der Waals surface area (Å²) in [5, 5.41) is 0.629. The number of benzene rings is 1. The standard InChI is InChI=1S/C14H18ClN3O/c1-11(16)9-12-3-2-4-13(15)14(12)19-8-7-18-6-5-17-10-18/h2-6,10-11H,7-9,16H2,1H3. The second-order valence-electron chi connectivity index (χ2n) is 4.56. The monoisotopic (exact) mass is 279 g/mol. The number of rotatable bonds is 6. The van der Waals surface area contributed by atoms with Crippen molar-refractivity contribution in [3.63, 3.8) is 0 Å². The van der Waals surface area contributed by atoms with E-state index in [1.54, 1.807) is 12.5 Å². The summed E-state index contributed by atoms with van der Waals surface area (Å²) < 4.78 is 7.77. The van der Waals surface area contributed by atoms with Crippen LogP contribution < -0.4 is 10.5 Å². The van der Waals surface area contributed by atoms with E-state index in [9.17, 15) is 0 Å². The van der Waals surface area contributed by atoms with Crippen molar-refractivity contribution in [2.75, 3.05) is 6.61 Å². The van der Waals surface area contributed by atoms with E-state index in [4.69, 9.17) is 22.1 Å². The van der Waals surface area contributed by atoms with E-state index in [1.807, 2.05) is 35.9 Å². The molecule has 2 aromatic rings. The predicted octanol–water partition coefficient (Wildman–Crippen LogP) is 2.51. The number of imidazole rings is 1. The molecule has 0 amide bonds. The molecule has 2 N–H and O–H groups in total. The minimum absolute atomic E-state index is 0.0782. The fraction of sp³-hybridized carbons (Fsp3) is 0.357. The van der Waals surface area contributed by atoms with E-state index >= 15 is 0 Å². The Morgan fingerprint density at radius 1 is 1.47 bits per heavy atom. The van der Waals surface area contributed by atoms with Crippen LogP contribution in [0.25, 0.3) is 0 Å². The van der Waals surface area contributed by atoms with Crippen LogP contribution in [0.3, 0.4) is 0 Å². The van der Waals surface area contributed by atoms with E-state index in [2.05, 4.69) is 4.98 Å². The third-order valence-corrected chi connectivity index (χ3v) is 3.04. The first-order chi connectivity index (χ1) is 9.16. The maximum atomic E-state index is 6.19. The average molecular weight is 280 g/mol. The van der Waals surface area contributed by atoms with Gasteiger partial charge in [0.05, 0.1) is 17.9 Å². The number of nitrogens with two attached hydrogens (primary N) is 1. The van der Waals surface area contributed by atoms with Gasteiger partial charge in [0.2, 0.25) is 0 Å². The normalized spacial score (nSPS) is 12.4. The number of nitrogens with zero attached hydrogens (tertiary/aromatic N) is 2. The minimum Gasteiger partial charge on any atom is -0.490 e. The van der Waals surface area contributed by atoms with Crippen molar-refractivity contribution in [1.82, 2.24) is 9.55 Å². The molecule has 1 atom stereocenters. The number of ether oxygens (including phenoxy) is 1. The van der Waals surface area contributed by atoms with Gasteiger partial charge in [0.25, 0.3) is 0 Å². The van der Waals surface area contributed by atoms with Crippen LogP contribution in [0.1, 0.15) is 12.5 Å². The van der Waals surface area contributed by atoms with Crippen LogP contribution in [0.15, 0.2) is 36.9 Å². The number of para-hydroxylation sites is 1. The van der Waals surface area contributed by atoms with Gasteiger partial charge >= 0.3 is 0 Å². The lowest BCUT2D eigenvalue weighted by molar-refractivity contribution is 0.295. The summed E-state index contributed by atoms with van der Waals surface area (Å²) in [6.07, 6.45) is 6.16. The lowest BCUT2D eigenvalue weighted by atomic mass is 10.1. The summed E-state index contributed by atoms with van der Waals surface area (Å²) >= 11 is 6.19. The molecule has 1 heterocycles. The van der Waals surface area contributed by atoms with Crippen molar-refractivity contribution in [1.29, 1.82) is 0 Å². The summed E-state index contributed by atoms with van der Waals surface area (Å²) in [7, 11) is 0. The van der Waals surface area contributed by atoms with E-state index < -0.39 is 0 Å². The Kier molecular flexibility index (Phi) is 4.82.